The summed E-state index contributed by atoms with van der Waals surface area (Å²) in [7, 11) is 0. The van der Waals surface area contributed by atoms with E-state index in [9.17, 15) is 14.0 Å². The van der Waals surface area contributed by atoms with Crippen LogP contribution < -0.4 is 5.32 Å². The number of rotatable bonds is 4. The Balaban J connectivity index is 1.83. The Morgan fingerprint density at radius 1 is 1.19 bits per heavy atom. The van der Waals surface area contributed by atoms with Crippen LogP contribution in [0.1, 0.15) is 21.5 Å². The minimum absolute atomic E-state index is 0.0876. The monoisotopic (exact) mass is 375 g/mol. The predicted molar refractivity (Wildman–Crippen MR) is 94.1 cm³/mol. The van der Waals surface area contributed by atoms with Crippen molar-refractivity contribution in [2.45, 2.75) is 20.1 Å². The number of carbonyl (C=O) groups is 2. The number of cyclic esters (lactones) is 1. The molecule has 1 N–H and O–H groups in total. The van der Waals surface area contributed by atoms with Crippen LogP contribution in [0, 0.1) is 19.7 Å². The van der Waals surface area contributed by atoms with E-state index < -0.39 is 24.0 Å². The minimum Gasteiger partial charge on any atom is -0.415 e. The topological polar surface area (TPSA) is 64.6 Å². The molecule has 0 fully saturated rings. The molecule has 0 radical (unpaired) electrons. The first-order valence-corrected chi connectivity index (χ1v) is 8.15. The van der Waals surface area contributed by atoms with Crippen LogP contribution >= 0.6 is 11.6 Å². The first kappa shape index (κ1) is 17.9. The van der Waals surface area contributed by atoms with E-state index in [0.29, 0.717) is 5.69 Å². The number of esters is 2. The maximum atomic E-state index is 13.7. The summed E-state index contributed by atoms with van der Waals surface area (Å²) in [5.74, 6) is -2.53. The van der Waals surface area contributed by atoms with Gasteiger partial charge in [-0.1, -0.05) is 29.8 Å². The second kappa shape index (κ2) is 7.17. The van der Waals surface area contributed by atoms with Crippen molar-refractivity contribution in [1.82, 2.24) is 0 Å². The highest BCUT2D eigenvalue weighted by Crippen LogP contribution is 2.29. The van der Waals surface area contributed by atoms with Gasteiger partial charge in [-0.3, -0.25) is 0 Å². The number of anilines is 1. The van der Waals surface area contributed by atoms with Crippen LogP contribution in [0.5, 0.6) is 0 Å². The average Bonchev–Trinajstić information content (AvgIpc) is 2.86. The van der Waals surface area contributed by atoms with Crippen LogP contribution in [0.3, 0.4) is 0 Å². The van der Waals surface area contributed by atoms with Crippen molar-refractivity contribution in [3.63, 3.8) is 0 Å². The molecule has 5 nitrogen and oxygen atoms in total. The van der Waals surface area contributed by atoms with Crippen LogP contribution in [-0.2, 0) is 14.3 Å². The number of aryl methyl sites for hydroxylation is 2. The molecule has 0 aliphatic carbocycles. The van der Waals surface area contributed by atoms with E-state index in [1.54, 1.807) is 6.07 Å². The molecule has 0 amide bonds. The molecular formula is C19H15ClFNO4. The number of nitrogens with one attached hydrogen (secondary N) is 1. The number of halogens is 2. The number of ether oxygens (including phenoxy) is 2. The zero-order chi connectivity index (χ0) is 18.8. The van der Waals surface area contributed by atoms with Crippen LogP contribution in [-0.4, -0.2) is 18.2 Å². The zero-order valence-electron chi connectivity index (χ0n) is 14.0. The zero-order valence-corrected chi connectivity index (χ0v) is 14.8. The SMILES string of the molecule is Cc1ccc(NC2=C(Cl)C(=O)O[C@@H]2OC(=O)c2ccccc2F)cc1C. The fourth-order valence-corrected chi connectivity index (χ4v) is 2.56. The van der Waals surface area contributed by atoms with Gasteiger partial charge in [-0.2, -0.15) is 0 Å². The molecule has 0 saturated heterocycles. The average molecular weight is 376 g/mol. The maximum Gasteiger partial charge on any atom is 0.355 e. The van der Waals surface area contributed by atoms with Gasteiger partial charge < -0.3 is 14.8 Å². The summed E-state index contributed by atoms with van der Waals surface area (Å²) in [5.41, 5.74) is 2.59. The van der Waals surface area contributed by atoms with E-state index in [4.69, 9.17) is 21.1 Å². The molecule has 26 heavy (non-hydrogen) atoms. The van der Waals surface area contributed by atoms with Crippen molar-refractivity contribution < 1.29 is 23.5 Å². The second-order valence-corrected chi connectivity index (χ2v) is 6.15. The van der Waals surface area contributed by atoms with E-state index in [1.807, 2.05) is 26.0 Å². The Morgan fingerprint density at radius 3 is 2.62 bits per heavy atom. The highest BCUT2D eigenvalue weighted by molar-refractivity contribution is 6.42. The Hall–Kier alpha value is -2.86. The molecular weight excluding hydrogens is 361 g/mol. The van der Waals surface area contributed by atoms with Gasteiger partial charge in [0.2, 0.25) is 0 Å². The minimum atomic E-state index is -1.39. The molecule has 7 heteroatoms. The smallest absolute Gasteiger partial charge is 0.355 e. The molecule has 1 aliphatic rings. The van der Waals surface area contributed by atoms with Gasteiger partial charge in [-0.15, -0.1) is 0 Å². The lowest BCUT2D eigenvalue weighted by atomic mass is 10.1. The molecule has 0 spiro atoms. The number of hydrogen-bond donors (Lipinski definition) is 1. The van der Waals surface area contributed by atoms with Gasteiger partial charge in [0.25, 0.3) is 6.29 Å². The highest BCUT2D eigenvalue weighted by atomic mass is 35.5. The number of carbonyl (C=O) groups excluding carboxylic acids is 2. The predicted octanol–water partition coefficient (Wildman–Crippen LogP) is 4.04. The fourth-order valence-electron chi connectivity index (χ4n) is 2.38. The van der Waals surface area contributed by atoms with Crippen LogP contribution in [0.15, 0.2) is 53.2 Å². The quantitative estimate of drug-likeness (QED) is 0.817. The number of benzene rings is 2. The maximum absolute atomic E-state index is 13.7. The molecule has 0 bridgehead atoms. The molecule has 0 unspecified atom stereocenters. The van der Waals surface area contributed by atoms with E-state index in [-0.39, 0.29) is 16.3 Å². The third-order valence-corrected chi connectivity index (χ3v) is 4.32. The van der Waals surface area contributed by atoms with Crippen LogP contribution in [0.25, 0.3) is 0 Å². The van der Waals surface area contributed by atoms with Gasteiger partial charge >= 0.3 is 11.9 Å². The summed E-state index contributed by atoms with van der Waals surface area (Å²) in [5, 5.41) is 2.71. The van der Waals surface area contributed by atoms with Gasteiger partial charge in [0.15, 0.2) is 5.03 Å². The third-order valence-electron chi connectivity index (χ3n) is 3.96. The molecule has 1 atom stereocenters. The van der Waals surface area contributed by atoms with Crippen molar-refractivity contribution in [2.24, 2.45) is 0 Å². The first-order chi connectivity index (χ1) is 12.4. The summed E-state index contributed by atoms with van der Waals surface area (Å²) in [6.45, 7) is 3.90. The van der Waals surface area contributed by atoms with Gasteiger partial charge in [-0.05, 0) is 49.2 Å². The molecule has 134 valence electrons. The van der Waals surface area contributed by atoms with Gasteiger partial charge in [0.05, 0.1) is 5.56 Å². The van der Waals surface area contributed by atoms with E-state index in [2.05, 4.69) is 5.32 Å². The van der Waals surface area contributed by atoms with Gasteiger partial charge in [0, 0.05) is 5.69 Å². The van der Waals surface area contributed by atoms with Gasteiger partial charge in [-0.25, -0.2) is 14.0 Å². The molecule has 2 aromatic rings. The molecule has 1 aliphatic heterocycles. The summed E-state index contributed by atoms with van der Waals surface area (Å²) < 4.78 is 23.8. The lowest BCUT2D eigenvalue weighted by Gasteiger charge is -2.17. The second-order valence-electron chi connectivity index (χ2n) is 5.77. The van der Waals surface area contributed by atoms with Crippen molar-refractivity contribution in [3.05, 3.63) is 75.7 Å². The van der Waals surface area contributed by atoms with Crippen LogP contribution in [0.4, 0.5) is 10.1 Å². The van der Waals surface area contributed by atoms with Crippen molar-refractivity contribution in [2.75, 3.05) is 5.32 Å². The van der Waals surface area contributed by atoms with Gasteiger partial charge in [0.1, 0.15) is 11.5 Å². The fraction of sp³-hybridized carbons (Fsp3) is 0.158. The van der Waals surface area contributed by atoms with E-state index in [1.165, 1.54) is 18.2 Å². The first-order valence-electron chi connectivity index (χ1n) is 7.77. The Kier molecular flexibility index (Phi) is 4.95. The Morgan fingerprint density at radius 2 is 1.92 bits per heavy atom. The van der Waals surface area contributed by atoms with Crippen molar-refractivity contribution >= 4 is 29.2 Å². The van der Waals surface area contributed by atoms with E-state index in [0.717, 1.165) is 17.2 Å². The molecule has 0 aromatic heterocycles. The van der Waals surface area contributed by atoms with Crippen molar-refractivity contribution in [1.29, 1.82) is 0 Å². The lowest BCUT2D eigenvalue weighted by Crippen LogP contribution is -2.24. The Bertz CT molecular complexity index is 926. The summed E-state index contributed by atoms with van der Waals surface area (Å²) in [6, 6.07) is 10.9. The molecule has 3 rings (SSSR count). The number of hydrogen-bond acceptors (Lipinski definition) is 5. The third kappa shape index (κ3) is 3.55. The summed E-state index contributed by atoms with van der Waals surface area (Å²) in [4.78, 5) is 24.0. The lowest BCUT2D eigenvalue weighted by molar-refractivity contribution is -0.152. The summed E-state index contributed by atoms with van der Waals surface area (Å²) in [6.07, 6.45) is -1.39. The normalized spacial score (nSPS) is 16.5. The van der Waals surface area contributed by atoms with Crippen molar-refractivity contribution in [3.8, 4) is 0 Å². The van der Waals surface area contributed by atoms with E-state index >= 15 is 0 Å². The highest BCUT2D eigenvalue weighted by Gasteiger charge is 2.37. The Labute approximate surface area is 154 Å². The van der Waals surface area contributed by atoms with Crippen LogP contribution in [0.2, 0.25) is 0 Å². The standard InChI is InChI=1S/C19H15ClFNO4/c1-10-7-8-12(9-11(10)2)22-16-15(20)18(24)26-19(16)25-17(23)13-5-3-4-6-14(13)21/h3-9,19,22H,1-2H3/t19-/m0/s1. The summed E-state index contributed by atoms with van der Waals surface area (Å²) >= 11 is 5.98. The molecule has 2 aromatic carbocycles. The molecule has 0 saturated carbocycles. The molecule has 1 heterocycles. The largest absolute Gasteiger partial charge is 0.415 e.